The quantitative estimate of drug-likeness (QED) is 0.791. The van der Waals surface area contributed by atoms with Crippen molar-refractivity contribution >= 4 is 34.9 Å². The van der Waals surface area contributed by atoms with E-state index in [0.717, 1.165) is 5.56 Å². The molecule has 6 heteroatoms. The lowest BCUT2D eigenvalue weighted by atomic mass is 10.1. The van der Waals surface area contributed by atoms with Gasteiger partial charge >= 0.3 is 0 Å². The average Bonchev–Trinajstić information content (AvgIpc) is 2.55. The minimum Gasteiger partial charge on any atom is -0.347 e. The fraction of sp³-hybridized carbons (Fsp3) is 0.167. The van der Waals surface area contributed by atoms with Crippen molar-refractivity contribution in [2.24, 2.45) is 0 Å². The van der Waals surface area contributed by atoms with E-state index in [4.69, 9.17) is 11.6 Å². The molecule has 0 bridgehead atoms. The van der Waals surface area contributed by atoms with E-state index in [1.165, 1.54) is 6.92 Å². The summed E-state index contributed by atoms with van der Waals surface area (Å²) in [5, 5.41) is 5.82. The third-order valence-corrected chi connectivity index (χ3v) is 3.55. The molecule has 0 radical (unpaired) electrons. The fourth-order valence-electron chi connectivity index (χ4n) is 2.02. The molecule has 0 fully saturated rings. The molecule has 0 atom stereocenters. The molecule has 0 heterocycles. The lowest BCUT2D eigenvalue weighted by molar-refractivity contribution is -0.123. The highest BCUT2D eigenvalue weighted by molar-refractivity contribution is 6.30. The van der Waals surface area contributed by atoms with E-state index in [-0.39, 0.29) is 30.6 Å². The van der Waals surface area contributed by atoms with Gasteiger partial charge in [0.1, 0.15) is 0 Å². The average molecular weight is 345 g/mol. The summed E-state index contributed by atoms with van der Waals surface area (Å²) in [6, 6.07) is 13.5. The second kappa shape index (κ2) is 8.26. The van der Waals surface area contributed by atoms with E-state index in [9.17, 15) is 14.4 Å². The first kappa shape index (κ1) is 17.7. The smallest absolute Gasteiger partial charge is 0.243 e. The van der Waals surface area contributed by atoms with E-state index in [0.29, 0.717) is 16.3 Å². The van der Waals surface area contributed by atoms with Crippen molar-refractivity contribution < 1.29 is 14.4 Å². The van der Waals surface area contributed by atoms with Gasteiger partial charge < -0.3 is 10.6 Å². The van der Waals surface area contributed by atoms with Crippen LogP contribution in [0.25, 0.3) is 0 Å². The monoisotopic (exact) mass is 344 g/mol. The van der Waals surface area contributed by atoms with Crippen molar-refractivity contribution in [2.45, 2.75) is 13.3 Å². The zero-order valence-corrected chi connectivity index (χ0v) is 13.9. The highest BCUT2D eigenvalue weighted by Crippen LogP contribution is 2.10. The largest absolute Gasteiger partial charge is 0.347 e. The zero-order valence-electron chi connectivity index (χ0n) is 13.1. The molecular formula is C18H17ClN2O3. The summed E-state index contributed by atoms with van der Waals surface area (Å²) >= 11 is 5.78. The number of amides is 2. The van der Waals surface area contributed by atoms with Crippen LogP contribution in [0.2, 0.25) is 5.02 Å². The molecule has 24 heavy (non-hydrogen) atoms. The first-order valence-electron chi connectivity index (χ1n) is 7.36. The van der Waals surface area contributed by atoms with Gasteiger partial charge in [0, 0.05) is 16.3 Å². The lowest BCUT2D eigenvalue weighted by Gasteiger charge is -2.07. The highest BCUT2D eigenvalue weighted by Gasteiger charge is 2.07. The second-order valence-corrected chi connectivity index (χ2v) is 5.70. The predicted octanol–water partition coefficient (Wildman–Crippen LogP) is 2.84. The molecule has 0 saturated heterocycles. The summed E-state index contributed by atoms with van der Waals surface area (Å²) in [5.41, 5.74) is 1.96. The Balaban J connectivity index is 1.78. The van der Waals surface area contributed by atoms with Crippen molar-refractivity contribution in [1.82, 2.24) is 5.32 Å². The van der Waals surface area contributed by atoms with Crippen LogP contribution in [0.3, 0.4) is 0 Å². The van der Waals surface area contributed by atoms with Crippen molar-refractivity contribution in [2.75, 3.05) is 11.9 Å². The van der Waals surface area contributed by atoms with Crippen LogP contribution in [-0.2, 0) is 16.0 Å². The van der Waals surface area contributed by atoms with Crippen molar-refractivity contribution in [3.63, 3.8) is 0 Å². The molecule has 5 nitrogen and oxygen atoms in total. The van der Waals surface area contributed by atoms with Crippen LogP contribution in [0.5, 0.6) is 0 Å². The predicted molar refractivity (Wildman–Crippen MR) is 93.2 cm³/mol. The van der Waals surface area contributed by atoms with E-state index in [1.807, 2.05) is 0 Å². The molecule has 124 valence electrons. The number of carbonyl (C=O) groups excluding carboxylic acids is 3. The third-order valence-electron chi connectivity index (χ3n) is 3.30. The van der Waals surface area contributed by atoms with Crippen LogP contribution >= 0.6 is 11.6 Å². The zero-order chi connectivity index (χ0) is 17.5. The first-order chi connectivity index (χ1) is 11.4. The topological polar surface area (TPSA) is 75.3 Å². The molecule has 2 aromatic rings. The summed E-state index contributed by atoms with van der Waals surface area (Å²) in [6.07, 6.45) is 0.178. The number of hydrogen-bond acceptors (Lipinski definition) is 3. The molecule has 2 aromatic carbocycles. The molecule has 0 spiro atoms. The van der Waals surface area contributed by atoms with Gasteiger partial charge in [-0.1, -0.05) is 23.7 Å². The van der Waals surface area contributed by atoms with E-state index < -0.39 is 0 Å². The van der Waals surface area contributed by atoms with Gasteiger partial charge in [-0.3, -0.25) is 14.4 Å². The summed E-state index contributed by atoms with van der Waals surface area (Å²) in [7, 11) is 0. The maximum Gasteiger partial charge on any atom is 0.243 e. The standard InChI is InChI=1S/C18H17ClN2O3/c1-12(22)14-4-8-16(9-5-14)21-18(24)11-20-17(23)10-13-2-6-15(19)7-3-13/h2-9H,10-11H2,1H3,(H,20,23)(H,21,24). The van der Waals surface area contributed by atoms with Gasteiger partial charge in [0.05, 0.1) is 13.0 Å². The normalized spacial score (nSPS) is 10.1. The van der Waals surface area contributed by atoms with E-state index in [2.05, 4.69) is 10.6 Å². The summed E-state index contributed by atoms with van der Waals surface area (Å²) in [6.45, 7) is 1.35. The molecule has 2 N–H and O–H groups in total. The SMILES string of the molecule is CC(=O)c1ccc(NC(=O)CNC(=O)Cc2ccc(Cl)cc2)cc1. The molecule has 0 aliphatic heterocycles. The van der Waals surface area contributed by atoms with Crippen LogP contribution in [-0.4, -0.2) is 24.1 Å². The Labute approximate surface area is 145 Å². The molecule has 0 aliphatic rings. The molecule has 2 rings (SSSR count). The van der Waals surface area contributed by atoms with Gasteiger partial charge in [0.25, 0.3) is 0 Å². The molecular weight excluding hydrogens is 328 g/mol. The Morgan fingerprint density at radius 2 is 1.54 bits per heavy atom. The lowest BCUT2D eigenvalue weighted by Crippen LogP contribution is -2.33. The van der Waals surface area contributed by atoms with Gasteiger partial charge in [-0.2, -0.15) is 0 Å². The Morgan fingerprint density at radius 1 is 0.917 bits per heavy atom. The number of nitrogens with one attached hydrogen (secondary N) is 2. The van der Waals surface area contributed by atoms with Crippen molar-refractivity contribution in [1.29, 1.82) is 0 Å². The molecule has 0 saturated carbocycles. The number of Topliss-reactive ketones (excluding diaryl/α,β-unsaturated/α-hetero) is 1. The molecule has 0 aliphatic carbocycles. The van der Waals surface area contributed by atoms with Crippen molar-refractivity contribution in [3.8, 4) is 0 Å². The van der Waals surface area contributed by atoms with Crippen LogP contribution in [0.4, 0.5) is 5.69 Å². The Hall–Kier alpha value is -2.66. The number of benzene rings is 2. The van der Waals surface area contributed by atoms with Crippen LogP contribution < -0.4 is 10.6 Å². The molecule has 0 unspecified atom stereocenters. The fourth-order valence-corrected chi connectivity index (χ4v) is 2.15. The summed E-state index contributed by atoms with van der Waals surface area (Å²) in [4.78, 5) is 34.8. The summed E-state index contributed by atoms with van der Waals surface area (Å²) in [5.74, 6) is -0.628. The van der Waals surface area contributed by atoms with E-state index >= 15 is 0 Å². The maximum absolute atomic E-state index is 11.8. The van der Waals surface area contributed by atoms with Gasteiger partial charge in [-0.05, 0) is 48.9 Å². The van der Waals surface area contributed by atoms with Gasteiger partial charge in [0.15, 0.2) is 5.78 Å². The summed E-state index contributed by atoms with van der Waals surface area (Å²) < 4.78 is 0. The Morgan fingerprint density at radius 3 is 2.12 bits per heavy atom. The first-order valence-corrected chi connectivity index (χ1v) is 7.74. The Bertz CT molecular complexity index is 740. The minimum atomic E-state index is -0.338. The van der Waals surface area contributed by atoms with Crippen molar-refractivity contribution in [3.05, 3.63) is 64.7 Å². The number of carbonyl (C=O) groups is 3. The second-order valence-electron chi connectivity index (χ2n) is 5.26. The van der Waals surface area contributed by atoms with Gasteiger partial charge in [-0.25, -0.2) is 0 Å². The minimum absolute atomic E-state index is 0.0395. The number of anilines is 1. The molecule has 2 amide bonds. The molecule has 0 aromatic heterocycles. The number of rotatable bonds is 6. The maximum atomic E-state index is 11.8. The van der Waals surface area contributed by atoms with Crippen LogP contribution in [0.1, 0.15) is 22.8 Å². The van der Waals surface area contributed by atoms with Gasteiger partial charge in [-0.15, -0.1) is 0 Å². The third kappa shape index (κ3) is 5.52. The highest BCUT2D eigenvalue weighted by atomic mass is 35.5. The van der Waals surface area contributed by atoms with Crippen LogP contribution in [0.15, 0.2) is 48.5 Å². The number of ketones is 1. The van der Waals surface area contributed by atoms with Gasteiger partial charge in [0.2, 0.25) is 11.8 Å². The number of hydrogen-bond donors (Lipinski definition) is 2. The van der Waals surface area contributed by atoms with E-state index in [1.54, 1.807) is 48.5 Å². The van der Waals surface area contributed by atoms with Crippen LogP contribution in [0, 0.1) is 0 Å². The Kier molecular flexibility index (Phi) is 6.09. The number of halogens is 1.